The molecule has 2 N–H and O–H groups in total. The first-order valence-electron chi connectivity index (χ1n) is 7.42. The molecule has 0 unspecified atom stereocenters. The van der Waals surface area contributed by atoms with E-state index < -0.39 is 0 Å². The number of nitrogens with zero attached hydrogens (tertiary/aromatic N) is 1. The summed E-state index contributed by atoms with van der Waals surface area (Å²) < 4.78 is 0. The molecule has 0 saturated heterocycles. The van der Waals surface area contributed by atoms with Crippen LogP contribution in [0.15, 0.2) is 18.2 Å². The van der Waals surface area contributed by atoms with Gasteiger partial charge in [0.2, 0.25) is 0 Å². The molecule has 3 heteroatoms. The number of nitrogens with one attached hydrogen (secondary N) is 1. The molecule has 0 atom stereocenters. The molecule has 0 spiro atoms. The zero-order valence-corrected chi connectivity index (χ0v) is 11.2. The molecular formula is C16H20N2O. The summed E-state index contributed by atoms with van der Waals surface area (Å²) >= 11 is 0. The monoisotopic (exact) mass is 256 g/mol. The number of imidazole rings is 1. The van der Waals surface area contributed by atoms with Gasteiger partial charge in [-0.25, -0.2) is 4.98 Å². The average molecular weight is 256 g/mol. The largest absolute Gasteiger partial charge is 0.395 e. The number of rotatable bonds is 3. The van der Waals surface area contributed by atoms with Crippen LogP contribution in [0.2, 0.25) is 0 Å². The zero-order chi connectivity index (χ0) is 12.9. The molecule has 4 rings (SSSR count). The van der Waals surface area contributed by atoms with Crippen molar-refractivity contribution in [3.63, 3.8) is 0 Å². The molecule has 100 valence electrons. The van der Waals surface area contributed by atoms with Gasteiger partial charge in [0.05, 0.1) is 17.6 Å². The molecule has 0 bridgehead atoms. The van der Waals surface area contributed by atoms with Crippen LogP contribution in [0, 0.1) is 0 Å². The van der Waals surface area contributed by atoms with Gasteiger partial charge in [0.25, 0.3) is 0 Å². The van der Waals surface area contributed by atoms with Gasteiger partial charge in [-0.15, -0.1) is 0 Å². The maximum absolute atomic E-state index is 9.68. The van der Waals surface area contributed by atoms with E-state index in [0.29, 0.717) is 5.92 Å². The van der Waals surface area contributed by atoms with E-state index in [1.165, 1.54) is 31.2 Å². The van der Waals surface area contributed by atoms with Gasteiger partial charge in [-0.3, -0.25) is 0 Å². The van der Waals surface area contributed by atoms with E-state index in [1.54, 1.807) is 0 Å². The van der Waals surface area contributed by atoms with E-state index >= 15 is 0 Å². The number of fused-ring (bicyclic) bond motifs is 1. The summed E-state index contributed by atoms with van der Waals surface area (Å²) in [6.45, 7) is 0.266. The second kappa shape index (κ2) is 4.07. The first kappa shape index (κ1) is 11.5. The lowest BCUT2D eigenvalue weighted by molar-refractivity contribution is 0.120. The zero-order valence-electron chi connectivity index (χ0n) is 11.2. The van der Waals surface area contributed by atoms with Crippen LogP contribution >= 0.6 is 0 Å². The number of aliphatic hydroxyl groups excluding tert-OH is 1. The molecule has 2 fully saturated rings. The summed E-state index contributed by atoms with van der Waals surface area (Å²) in [6.07, 6.45) is 7.33. The van der Waals surface area contributed by atoms with Gasteiger partial charge in [0.1, 0.15) is 5.82 Å². The number of aliphatic hydroxyl groups is 1. The van der Waals surface area contributed by atoms with Crippen LogP contribution in [0.5, 0.6) is 0 Å². The Balaban J connectivity index is 1.74. The minimum Gasteiger partial charge on any atom is -0.395 e. The summed E-state index contributed by atoms with van der Waals surface area (Å²) in [5.74, 6) is 1.80. The molecule has 3 nitrogen and oxygen atoms in total. The minimum absolute atomic E-state index is 0.0237. The summed E-state index contributed by atoms with van der Waals surface area (Å²) in [5.41, 5.74) is 3.50. The fourth-order valence-electron chi connectivity index (χ4n) is 3.38. The SMILES string of the molecule is OCC1(c2ccc3nc(C4CCC4)[nH]c3c2)CCC1. The number of benzene rings is 1. The Morgan fingerprint density at radius 3 is 2.68 bits per heavy atom. The van der Waals surface area contributed by atoms with Crippen LogP contribution in [0.25, 0.3) is 11.0 Å². The third-order valence-electron chi connectivity index (χ3n) is 5.22. The molecule has 2 saturated carbocycles. The molecule has 2 aliphatic carbocycles. The number of aromatic amines is 1. The van der Waals surface area contributed by atoms with Crippen LogP contribution < -0.4 is 0 Å². The maximum atomic E-state index is 9.68. The Hall–Kier alpha value is -1.35. The van der Waals surface area contributed by atoms with Gasteiger partial charge in [0.15, 0.2) is 0 Å². The lowest BCUT2D eigenvalue weighted by Crippen LogP contribution is -2.37. The maximum Gasteiger partial charge on any atom is 0.110 e. The molecule has 19 heavy (non-hydrogen) atoms. The normalized spacial score (nSPS) is 22.2. The molecule has 2 aromatic rings. The van der Waals surface area contributed by atoms with E-state index in [1.807, 2.05) is 0 Å². The van der Waals surface area contributed by atoms with Crippen LogP contribution in [-0.2, 0) is 5.41 Å². The fraction of sp³-hybridized carbons (Fsp3) is 0.562. The van der Waals surface area contributed by atoms with Crippen molar-refractivity contribution in [2.24, 2.45) is 0 Å². The molecule has 0 aliphatic heterocycles. The standard InChI is InChI=1S/C16H20N2O/c19-10-16(7-2-8-16)12-5-6-13-14(9-12)18-15(17-13)11-3-1-4-11/h5-6,9,11,19H,1-4,7-8,10H2,(H,17,18). The van der Waals surface area contributed by atoms with Gasteiger partial charge in [-0.2, -0.15) is 0 Å². The van der Waals surface area contributed by atoms with Gasteiger partial charge >= 0.3 is 0 Å². The predicted octanol–water partition coefficient (Wildman–Crippen LogP) is 3.24. The number of H-pyrrole nitrogens is 1. The van der Waals surface area contributed by atoms with Crippen molar-refractivity contribution in [1.82, 2.24) is 9.97 Å². The fourth-order valence-corrected chi connectivity index (χ4v) is 3.38. The van der Waals surface area contributed by atoms with Crippen molar-refractivity contribution in [2.45, 2.75) is 49.9 Å². The highest BCUT2D eigenvalue weighted by atomic mass is 16.3. The smallest absolute Gasteiger partial charge is 0.110 e. The van der Waals surface area contributed by atoms with E-state index in [-0.39, 0.29) is 12.0 Å². The van der Waals surface area contributed by atoms with Crippen LogP contribution in [0.1, 0.15) is 55.8 Å². The summed E-state index contributed by atoms with van der Waals surface area (Å²) in [5, 5.41) is 9.68. The third kappa shape index (κ3) is 1.64. The Morgan fingerprint density at radius 2 is 2.11 bits per heavy atom. The highest BCUT2D eigenvalue weighted by molar-refractivity contribution is 5.76. The van der Waals surface area contributed by atoms with Gasteiger partial charge in [0, 0.05) is 11.3 Å². The lowest BCUT2D eigenvalue weighted by atomic mass is 9.65. The van der Waals surface area contributed by atoms with E-state index in [4.69, 9.17) is 4.98 Å². The summed E-state index contributed by atoms with van der Waals surface area (Å²) in [6, 6.07) is 6.47. The van der Waals surface area contributed by atoms with Crippen molar-refractivity contribution >= 4 is 11.0 Å². The summed E-state index contributed by atoms with van der Waals surface area (Å²) in [4.78, 5) is 8.20. The molecule has 1 aromatic heterocycles. The molecule has 1 aromatic carbocycles. The highest BCUT2D eigenvalue weighted by Crippen LogP contribution is 2.44. The molecule has 1 heterocycles. The number of aromatic nitrogens is 2. The second-order valence-electron chi connectivity index (χ2n) is 6.27. The quantitative estimate of drug-likeness (QED) is 0.885. The Morgan fingerprint density at radius 1 is 1.26 bits per heavy atom. The van der Waals surface area contributed by atoms with E-state index in [9.17, 15) is 5.11 Å². The molecule has 0 amide bonds. The number of hydrogen-bond acceptors (Lipinski definition) is 2. The topological polar surface area (TPSA) is 48.9 Å². The second-order valence-corrected chi connectivity index (χ2v) is 6.27. The Labute approximate surface area is 113 Å². The van der Waals surface area contributed by atoms with Crippen molar-refractivity contribution in [1.29, 1.82) is 0 Å². The number of hydrogen-bond donors (Lipinski definition) is 2. The van der Waals surface area contributed by atoms with E-state index in [2.05, 4.69) is 23.2 Å². The average Bonchev–Trinajstić information content (AvgIpc) is 2.68. The first-order valence-corrected chi connectivity index (χ1v) is 7.42. The van der Waals surface area contributed by atoms with Gasteiger partial charge in [-0.1, -0.05) is 18.9 Å². The van der Waals surface area contributed by atoms with E-state index in [0.717, 1.165) is 29.7 Å². The Bertz CT molecular complexity index is 603. The first-order chi connectivity index (χ1) is 9.31. The van der Waals surface area contributed by atoms with Crippen molar-refractivity contribution in [3.05, 3.63) is 29.6 Å². The van der Waals surface area contributed by atoms with Gasteiger partial charge < -0.3 is 10.1 Å². The molecule has 0 radical (unpaired) electrons. The van der Waals surface area contributed by atoms with Crippen LogP contribution in [-0.4, -0.2) is 21.7 Å². The van der Waals surface area contributed by atoms with Crippen LogP contribution in [0.4, 0.5) is 0 Å². The predicted molar refractivity (Wildman–Crippen MR) is 75.3 cm³/mol. The molecular weight excluding hydrogens is 236 g/mol. The van der Waals surface area contributed by atoms with Crippen molar-refractivity contribution < 1.29 is 5.11 Å². The summed E-state index contributed by atoms with van der Waals surface area (Å²) in [7, 11) is 0. The minimum atomic E-state index is 0.0237. The highest BCUT2D eigenvalue weighted by Gasteiger charge is 2.38. The van der Waals surface area contributed by atoms with Crippen molar-refractivity contribution in [3.8, 4) is 0 Å². The third-order valence-corrected chi connectivity index (χ3v) is 5.22. The Kier molecular flexibility index (Phi) is 2.46. The van der Waals surface area contributed by atoms with Crippen molar-refractivity contribution in [2.75, 3.05) is 6.61 Å². The van der Waals surface area contributed by atoms with Gasteiger partial charge in [-0.05, 0) is 43.4 Å². The molecule has 2 aliphatic rings. The van der Waals surface area contributed by atoms with Crippen LogP contribution in [0.3, 0.4) is 0 Å². The lowest BCUT2D eigenvalue weighted by Gasteiger charge is -2.40.